The smallest absolute Gasteiger partial charge is 0.269 e. The Morgan fingerprint density at radius 1 is 1.64 bits per heavy atom. The second kappa shape index (κ2) is 3.98. The Labute approximate surface area is 77.4 Å². The highest BCUT2D eigenvalue weighted by molar-refractivity contribution is 5.36. The largest absolute Gasteiger partial charge is 0.390 e. The summed E-state index contributed by atoms with van der Waals surface area (Å²) in [5, 5.41) is 17.2. The molecule has 2 N–H and O–H groups in total. The number of nitriles is 1. The van der Waals surface area contributed by atoms with E-state index in [2.05, 4.69) is 4.98 Å². The number of H-pyrrole nitrogens is 1. The fourth-order valence-corrected chi connectivity index (χ4v) is 0.989. The number of aromatic nitrogens is 1. The van der Waals surface area contributed by atoms with Gasteiger partial charge in [0.1, 0.15) is 11.6 Å². The lowest BCUT2D eigenvalue weighted by Gasteiger charge is -2.02. The molecule has 1 aromatic rings. The number of aromatic amines is 1. The molecule has 1 rings (SSSR count). The van der Waals surface area contributed by atoms with E-state index in [1.54, 1.807) is 0 Å². The molecule has 0 aromatic carbocycles. The van der Waals surface area contributed by atoms with Crippen molar-refractivity contribution < 1.29 is 13.9 Å². The van der Waals surface area contributed by atoms with Crippen molar-refractivity contribution in [3.63, 3.8) is 0 Å². The molecule has 0 unspecified atom stereocenters. The first-order chi connectivity index (χ1) is 6.61. The van der Waals surface area contributed by atoms with E-state index in [9.17, 15) is 13.6 Å². The van der Waals surface area contributed by atoms with Crippen LogP contribution in [-0.2, 0) is 6.61 Å². The maximum absolute atomic E-state index is 12.2. The Morgan fingerprint density at radius 3 is 2.71 bits per heavy atom. The minimum atomic E-state index is -2.93. The Hall–Kier alpha value is -1.74. The minimum Gasteiger partial charge on any atom is -0.390 e. The molecule has 4 nitrogen and oxygen atoms in total. The standard InChI is InChI=1S/C8H6F2N2O2/c9-8(10)5-2-12-6(3-13)4(1-11)7(5)14/h2,8,13H,3H2,(H,12,14). The maximum Gasteiger partial charge on any atom is 0.269 e. The number of nitrogens with one attached hydrogen (secondary N) is 1. The van der Waals surface area contributed by atoms with Crippen LogP contribution < -0.4 is 5.43 Å². The zero-order valence-electron chi connectivity index (χ0n) is 6.92. The molecule has 0 saturated carbocycles. The Kier molecular flexibility index (Phi) is 2.94. The van der Waals surface area contributed by atoms with Gasteiger partial charge in [-0.2, -0.15) is 5.26 Å². The summed E-state index contributed by atoms with van der Waals surface area (Å²) < 4.78 is 24.4. The van der Waals surface area contributed by atoms with Crippen molar-refractivity contribution in [3.05, 3.63) is 33.2 Å². The number of rotatable bonds is 2. The Balaban J connectivity index is 3.45. The number of nitrogens with zero attached hydrogens (tertiary/aromatic N) is 1. The summed E-state index contributed by atoms with van der Waals surface area (Å²) in [6, 6.07) is 1.47. The van der Waals surface area contributed by atoms with Gasteiger partial charge in [-0.05, 0) is 0 Å². The highest BCUT2D eigenvalue weighted by Crippen LogP contribution is 2.14. The van der Waals surface area contributed by atoms with Crippen LogP contribution in [0.2, 0.25) is 0 Å². The number of hydrogen-bond acceptors (Lipinski definition) is 3. The van der Waals surface area contributed by atoms with Crippen LogP contribution in [0.1, 0.15) is 23.2 Å². The van der Waals surface area contributed by atoms with Crippen molar-refractivity contribution in [2.75, 3.05) is 0 Å². The number of hydrogen-bond donors (Lipinski definition) is 2. The van der Waals surface area contributed by atoms with E-state index in [1.165, 1.54) is 6.07 Å². The molecular weight excluding hydrogens is 194 g/mol. The normalized spacial score (nSPS) is 10.2. The molecule has 0 aliphatic carbocycles. The van der Waals surface area contributed by atoms with Gasteiger partial charge in [-0.1, -0.05) is 0 Å². The molecule has 0 bridgehead atoms. The molecule has 0 atom stereocenters. The van der Waals surface area contributed by atoms with Crippen molar-refractivity contribution in [3.8, 4) is 6.07 Å². The van der Waals surface area contributed by atoms with E-state index in [0.717, 1.165) is 6.20 Å². The summed E-state index contributed by atoms with van der Waals surface area (Å²) in [4.78, 5) is 13.5. The fourth-order valence-electron chi connectivity index (χ4n) is 0.989. The van der Waals surface area contributed by atoms with Gasteiger partial charge >= 0.3 is 0 Å². The van der Waals surface area contributed by atoms with Crippen LogP contribution in [0.25, 0.3) is 0 Å². The summed E-state index contributed by atoms with van der Waals surface area (Å²) in [6.45, 7) is -0.568. The van der Waals surface area contributed by atoms with Gasteiger partial charge in [0, 0.05) is 6.20 Å². The van der Waals surface area contributed by atoms with Crippen LogP contribution in [0.4, 0.5) is 8.78 Å². The lowest BCUT2D eigenvalue weighted by molar-refractivity contribution is 0.149. The maximum atomic E-state index is 12.2. The predicted molar refractivity (Wildman–Crippen MR) is 42.7 cm³/mol. The summed E-state index contributed by atoms with van der Waals surface area (Å²) in [7, 11) is 0. The van der Waals surface area contributed by atoms with E-state index in [0.29, 0.717) is 0 Å². The first-order valence-electron chi connectivity index (χ1n) is 3.65. The summed E-state index contributed by atoms with van der Waals surface area (Å²) >= 11 is 0. The lowest BCUT2D eigenvalue weighted by atomic mass is 10.1. The SMILES string of the molecule is N#Cc1c(CO)[nH]cc(C(F)F)c1=O. The third-order valence-electron chi connectivity index (χ3n) is 1.70. The molecule has 0 saturated heterocycles. The zero-order valence-corrected chi connectivity index (χ0v) is 6.92. The van der Waals surface area contributed by atoms with Gasteiger partial charge in [0.15, 0.2) is 0 Å². The van der Waals surface area contributed by atoms with Crippen molar-refractivity contribution >= 4 is 0 Å². The Bertz CT molecular complexity index is 434. The molecule has 74 valence electrons. The molecule has 0 spiro atoms. The van der Waals surface area contributed by atoms with Crippen molar-refractivity contribution in [2.24, 2.45) is 0 Å². The highest BCUT2D eigenvalue weighted by atomic mass is 19.3. The van der Waals surface area contributed by atoms with E-state index in [4.69, 9.17) is 10.4 Å². The number of aliphatic hydroxyl groups is 1. The monoisotopic (exact) mass is 200 g/mol. The first kappa shape index (κ1) is 10.3. The van der Waals surface area contributed by atoms with E-state index >= 15 is 0 Å². The fraction of sp³-hybridized carbons (Fsp3) is 0.250. The van der Waals surface area contributed by atoms with Crippen LogP contribution in [0, 0.1) is 11.3 Å². The third kappa shape index (κ3) is 1.63. The highest BCUT2D eigenvalue weighted by Gasteiger charge is 2.17. The van der Waals surface area contributed by atoms with Gasteiger partial charge < -0.3 is 10.1 Å². The number of alkyl halides is 2. The molecule has 0 amide bonds. The van der Waals surface area contributed by atoms with Crippen LogP contribution >= 0.6 is 0 Å². The molecular formula is C8H6F2N2O2. The second-order valence-electron chi connectivity index (χ2n) is 2.50. The van der Waals surface area contributed by atoms with E-state index in [-0.39, 0.29) is 5.69 Å². The molecule has 1 heterocycles. The molecule has 0 fully saturated rings. The Morgan fingerprint density at radius 2 is 2.29 bits per heavy atom. The molecule has 0 radical (unpaired) electrons. The lowest BCUT2D eigenvalue weighted by Crippen LogP contribution is -2.16. The van der Waals surface area contributed by atoms with Crippen LogP contribution in [-0.4, -0.2) is 10.1 Å². The average Bonchev–Trinajstić information content (AvgIpc) is 2.16. The number of aliphatic hydroxyl groups excluding tert-OH is 1. The predicted octanol–water partition coefficient (Wildman–Crippen LogP) is 0.676. The molecule has 1 aromatic heterocycles. The molecule has 6 heteroatoms. The molecule has 0 aliphatic heterocycles. The molecule has 0 aliphatic rings. The third-order valence-corrected chi connectivity index (χ3v) is 1.70. The van der Waals surface area contributed by atoms with Crippen molar-refractivity contribution in [1.82, 2.24) is 4.98 Å². The number of halogens is 2. The minimum absolute atomic E-state index is 0.0538. The summed E-state index contributed by atoms with van der Waals surface area (Å²) in [5.74, 6) is 0. The number of pyridine rings is 1. The zero-order chi connectivity index (χ0) is 10.7. The van der Waals surface area contributed by atoms with Crippen LogP contribution in [0.5, 0.6) is 0 Å². The van der Waals surface area contributed by atoms with E-state index < -0.39 is 29.6 Å². The van der Waals surface area contributed by atoms with Gasteiger partial charge in [0.25, 0.3) is 6.43 Å². The van der Waals surface area contributed by atoms with E-state index in [1.807, 2.05) is 0 Å². The quantitative estimate of drug-likeness (QED) is 0.736. The van der Waals surface area contributed by atoms with Gasteiger partial charge in [0.05, 0.1) is 17.9 Å². The topological polar surface area (TPSA) is 76.9 Å². The average molecular weight is 200 g/mol. The second-order valence-corrected chi connectivity index (χ2v) is 2.50. The summed E-state index contributed by atoms with van der Waals surface area (Å²) in [5.41, 5.74) is -2.32. The van der Waals surface area contributed by atoms with Crippen molar-refractivity contribution in [2.45, 2.75) is 13.0 Å². The van der Waals surface area contributed by atoms with Crippen molar-refractivity contribution in [1.29, 1.82) is 5.26 Å². The summed E-state index contributed by atoms with van der Waals surface area (Å²) in [6.07, 6.45) is -2.13. The van der Waals surface area contributed by atoms with Gasteiger partial charge in [-0.15, -0.1) is 0 Å². The van der Waals surface area contributed by atoms with Gasteiger partial charge in [0.2, 0.25) is 5.43 Å². The van der Waals surface area contributed by atoms with Gasteiger partial charge in [-0.3, -0.25) is 4.79 Å². The van der Waals surface area contributed by atoms with Gasteiger partial charge in [-0.25, -0.2) is 8.78 Å². The van der Waals surface area contributed by atoms with Crippen LogP contribution in [0.15, 0.2) is 11.0 Å². The van der Waals surface area contributed by atoms with Crippen LogP contribution in [0.3, 0.4) is 0 Å². The molecule has 14 heavy (non-hydrogen) atoms. The first-order valence-corrected chi connectivity index (χ1v) is 3.65.